The molecular weight excluding hydrogens is 254 g/mol. The highest BCUT2D eigenvalue weighted by Crippen LogP contribution is 2.18. The number of carbonyl (C=O) groups excluding carboxylic acids is 1. The first-order valence-corrected chi connectivity index (χ1v) is 7.02. The van der Waals surface area contributed by atoms with Gasteiger partial charge in [0, 0.05) is 18.8 Å². The van der Waals surface area contributed by atoms with Crippen LogP contribution in [0.5, 0.6) is 0 Å². The Hall–Kier alpha value is -1.60. The molecule has 3 N–H and O–H groups in total. The molecule has 0 spiro atoms. The van der Waals surface area contributed by atoms with Gasteiger partial charge in [0.15, 0.2) is 0 Å². The van der Waals surface area contributed by atoms with Crippen LogP contribution in [0.3, 0.4) is 0 Å². The molecule has 0 aliphatic rings. The summed E-state index contributed by atoms with van der Waals surface area (Å²) in [5, 5.41) is 2.37. The standard InChI is InChI=1S/C11H17N3O3S/c1-3-14(4-2)18(16,17)10-7-5-9(6-8-10)13-11(12)15/h5-8H,3-4H2,1-2H3,(H3,12,13,15). The summed E-state index contributed by atoms with van der Waals surface area (Å²) in [6.45, 7) is 4.40. The Balaban J connectivity index is 3.01. The van der Waals surface area contributed by atoms with Gasteiger partial charge in [0.2, 0.25) is 10.0 Å². The number of nitrogens with two attached hydrogens (primary N) is 1. The van der Waals surface area contributed by atoms with Gasteiger partial charge in [-0.15, -0.1) is 0 Å². The second-order valence-corrected chi connectivity index (χ2v) is 5.54. The molecule has 1 aromatic rings. The van der Waals surface area contributed by atoms with Gasteiger partial charge < -0.3 is 11.1 Å². The molecule has 0 fully saturated rings. The summed E-state index contributed by atoms with van der Waals surface area (Å²) in [6, 6.07) is 5.20. The molecule has 0 atom stereocenters. The number of benzene rings is 1. The van der Waals surface area contributed by atoms with Crippen molar-refractivity contribution in [1.82, 2.24) is 4.31 Å². The topological polar surface area (TPSA) is 92.5 Å². The quantitative estimate of drug-likeness (QED) is 0.843. The summed E-state index contributed by atoms with van der Waals surface area (Å²) in [5.74, 6) is 0. The number of amides is 2. The van der Waals surface area contributed by atoms with Crippen LogP contribution in [0.15, 0.2) is 29.2 Å². The molecular formula is C11H17N3O3S. The fourth-order valence-electron chi connectivity index (χ4n) is 1.57. The largest absolute Gasteiger partial charge is 0.351 e. The molecule has 0 heterocycles. The predicted molar refractivity (Wildman–Crippen MR) is 69.8 cm³/mol. The number of nitrogens with one attached hydrogen (secondary N) is 1. The molecule has 0 aliphatic carbocycles. The second kappa shape index (κ2) is 5.83. The van der Waals surface area contributed by atoms with Crippen LogP contribution in [0.4, 0.5) is 10.5 Å². The van der Waals surface area contributed by atoms with Gasteiger partial charge in [0.25, 0.3) is 0 Å². The highest BCUT2D eigenvalue weighted by molar-refractivity contribution is 7.89. The molecule has 1 rings (SSSR count). The number of primary amides is 1. The van der Waals surface area contributed by atoms with Crippen LogP contribution in [-0.4, -0.2) is 31.8 Å². The monoisotopic (exact) mass is 271 g/mol. The van der Waals surface area contributed by atoms with Crippen molar-refractivity contribution in [3.8, 4) is 0 Å². The van der Waals surface area contributed by atoms with Crippen molar-refractivity contribution in [2.24, 2.45) is 5.73 Å². The molecule has 0 aliphatic heterocycles. The average molecular weight is 271 g/mol. The minimum atomic E-state index is -3.46. The molecule has 6 nitrogen and oxygen atoms in total. The van der Waals surface area contributed by atoms with Gasteiger partial charge in [-0.3, -0.25) is 0 Å². The van der Waals surface area contributed by atoms with Gasteiger partial charge in [0.05, 0.1) is 4.90 Å². The normalized spacial score (nSPS) is 11.5. The molecule has 0 unspecified atom stereocenters. The SMILES string of the molecule is CCN(CC)S(=O)(=O)c1ccc(NC(N)=O)cc1. The summed E-state index contributed by atoms with van der Waals surface area (Å²) in [4.78, 5) is 10.8. The molecule has 100 valence electrons. The van der Waals surface area contributed by atoms with E-state index in [-0.39, 0.29) is 4.90 Å². The summed E-state index contributed by atoms with van der Waals surface area (Å²) < 4.78 is 25.6. The number of sulfonamides is 1. The Kier molecular flexibility index (Phi) is 4.69. The highest BCUT2D eigenvalue weighted by Gasteiger charge is 2.21. The minimum absolute atomic E-state index is 0.196. The van der Waals surface area contributed by atoms with E-state index in [2.05, 4.69) is 5.32 Å². The first-order chi connectivity index (χ1) is 8.41. The number of carbonyl (C=O) groups is 1. The average Bonchev–Trinajstić information content (AvgIpc) is 2.30. The van der Waals surface area contributed by atoms with Crippen molar-refractivity contribution in [2.45, 2.75) is 18.7 Å². The van der Waals surface area contributed by atoms with Crippen LogP contribution < -0.4 is 11.1 Å². The van der Waals surface area contributed by atoms with E-state index in [1.807, 2.05) is 0 Å². The zero-order valence-corrected chi connectivity index (χ0v) is 11.2. The van der Waals surface area contributed by atoms with E-state index in [9.17, 15) is 13.2 Å². The van der Waals surface area contributed by atoms with Gasteiger partial charge in [-0.2, -0.15) is 4.31 Å². The number of urea groups is 1. The van der Waals surface area contributed by atoms with Crippen molar-refractivity contribution in [1.29, 1.82) is 0 Å². The van der Waals surface area contributed by atoms with Crippen LogP contribution in [0.2, 0.25) is 0 Å². The van der Waals surface area contributed by atoms with Crippen LogP contribution in [0.1, 0.15) is 13.8 Å². The highest BCUT2D eigenvalue weighted by atomic mass is 32.2. The maximum atomic E-state index is 12.1. The third-order valence-corrected chi connectivity index (χ3v) is 4.53. The maximum absolute atomic E-state index is 12.1. The fourth-order valence-corrected chi connectivity index (χ4v) is 3.02. The van der Waals surface area contributed by atoms with Gasteiger partial charge in [-0.05, 0) is 24.3 Å². The number of rotatable bonds is 5. The zero-order chi connectivity index (χ0) is 13.8. The third-order valence-electron chi connectivity index (χ3n) is 2.47. The van der Waals surface area contributed by atoms with Crippen LogP contribution in [0.25, 0.3) is 0 Å². The molecule has 0 radical (unpaired) electrons. The Morgan fingerprint density at radius 2 is 1.72 bits per heavy atom. The predicted octanol–water partition coefficient (Wildman–Crippen LogP) is 1.21. The number of anilines is 1. The van der Waals surface area contributed by atoms with Crippen LogP contribution in [-0.2, 0) is 10.0 Å². The summed E-state index contributed by atoms with van der Waals surface area (Å²) in [6.07, 6.45) is 0. The van der Waals surface area contributed by atoms with Gasteiger partial charge >= 0.3 is 6.03 Å². The lowest BCUT2D eigenvalue weighted by molar-refractivity contribution is 0.259. The molecule has 0 saturated heterocycles. The number of nitrogens with zero attached hydrogens (tertiary/aromatic N) is 1. The van der Waals surface area contributed by atoms with Crippen molar-refractivity contribution in [3.63, 3.8) is 0 Å². The van der Waals surface area contributed by atoms with E-state index < -0.39 is 16.1 Å². The van der Waals surface area contributed by atoms with E-state index in [1.54, 1.807) is 13.8 Å². The lowest BCUT2D eigenvalue weighted by Gasteiger charge is -2.18. The van der Waals surface area contributed by atoms with Crippen LogP contribution >= 0.6 is 0 Å². The van der Waals surface area contributed by atoms with E-state index in [0.29, 0.717) is 18.8 Å². The van der Waals surface area contributed by atoms with Crippen molar-refractivity contribution in [3.05, 3.63) is 24.3 Å². The number of hydrogen-bond donors (Lipinski definition) is 2. The molecule has 18 heavy (non-hydrogen) atoms. The molecule has 7 heteroatoms. The Bertz CT molecular complexity index is 507. The van der Waals surface area contributed by atoms with E-state index >= 15 is 0 Å². The molecule has 2 amide bonds. The molecule has 1 aromatic carbocycles. The van der Waals surface area contributed by atoms with Gasteiger partial charge in [0.1, 0.15) is 0 Å². The minimum Gasteiger partial charge on any atom is -0.351 e. The van der Waals surface area contributed by atoms with Gasteiger partial charge in [-0.25, -0.2) is 13.2 Å². The lowest BCUT2D eigenvalue weighted by atomic mass is 10.3. The second-order valence-electron chi connectivity index (χ2n) is 3.60. The van der Waals surface area contributed by atoms with E-state index in [0.717, 1.165) is 0 Å². The Morgan fingerprint density at radius 3 is 2.11 bits per heavy atom. The number of hydrogen-bond acceptors (Lipinski definition) is 3. The smallest absolute Gasteiger partial charge is 0.316 e. The van der Waals surface area contributed by atoms with E-state index in [1.165, 1.54) is 28.6 Å². The zero-order valence-electron chi connectivity index (χ0n) is 10.4. The van der Waals surface area contributed by atoms with Crippen LogP contribution in [0, 0.1) is 0 Å². The van der Waals surface area contributed by atoms with Gasteiger partial charge in [-0.1, -0.05) is 13.8 Å². The summed E-state index contributed by atoms with van der Waals surface area (Å²) in [7, 11) is -3.46. The Morgan fingerprint density at radius 1 is 1.22 bits per heavy atom. The molecule has 0 saturated carbocycles. The molecule has 0 aromatic heterocycles. The lowest BCUT2D eigenvalue weighted by Crippen LogP contribution is -2.30. The summed E-state index contributed by atoms with van der Waals surface area (Å²) >= 11 is 0. The Labute approximate surface area is 107 Å². The third kappa shape index (κ3) is 3.21. The van der Waals surface area contributed by atoms with Crippen molar-refractivity contribution < 1.29 is 13.2 Å². The summed E-state index contributed by atoms with van der Waals surface area (Å²) in [5.41, 5.74) is 5.42. The maximum Gasteiger partial charge on any atom is 0.316 e. The van der Waals surface area contributed by atoms with E-state index in [4.69, 9.17) is 5.73 Å². The van der Waals surface area contributed by atoms with Crippen molar-refractivity contribution in [2.75, 3.05) is 18.4 Å². The first-order valence-electron chi connectivity index (χ1n) is 5.58. The first kappa shape index (κ1) is 14.5. The fraction of sp³-hybridized carbons (Fsp3) is 0.364. The molecule has 0 bridgehead atoms. The van der Waals surface area contributed by atoms with Crippen molar-refractivity contribution >= 4 is 21.7 Å².